The van der Waals surface area contributed by atoms with Crippen molar-refractivity contribution in [2.24, 2.45) is 0 Å². The van der Waals surface area contributed by atoms with E-state index >= 15 is 0 Å². The number of alkyl halides is 3. The van der Waals surface area contributed by atoms with Crippen molar-refractivity contribution < 1.29 is 32.3 Å². The first-order valence-electron chi connectivity index (χ1n) is 9.14. The first kappa shape index (κ1) is 21.8. The molecule has 3 aromatic rings. The van der Waals surface area contributed by atoms with Crippen LogP contribution in [-0.4, -0.2) is 38.5 Å². The molecule has 0 fully saturated rings. The van der Waals surface area contributed by atoms with Gasteiger partial charge >= 0.3 is 18.2 Å². The van der Waals surface area contributed by atoms with Crippen molar-refractivity contribution in [2.45, 2.75) is 25.6 Å². The lowest BCUT2D eigenvalue weighted by Crippen LogP contribution is -2.32. The monoisotopic (exact) mass is 470 g/mol. The summed E-state index contributed by atoms with van der Waals surface area (Å²) in [6.45, 7) is 0.755. The molecule has 1 aliphatic heterocycles. The Morgan fingerprint density at radius 2 is 2.12 bits per heavy atom. The number of ether oxygens (including phenoxy) is 3. The molecule has 1 atom stereocenters. The molecular weight excluding hydrogens is 457 g/mol. The number of imidazole rings is 1. The fourth-order valence-corrected chi connectivity index (χ4v) is 3.31. The first-order chi connectivity index (χ1) is 15.2. The molecule has 0 saturated heterocycles. The predicted molar refractivity (Wildman–Crippen MR) is 104 cm³/mol. The van der Waals surface area contributed by atoms with Gasteiger partial charge in [-0.1, -0.05) is 17.7 Å². The predicted octanol–water partition coefficient (Wildman–Crippen LogP) is 4.38. The second kappa shape index (κ2) is 8.63. The van der Waals surface area contributed by atoms with Gasteiger partial charge in [-0.2, -0.15) is 0 Å². The van der Waals surface area contributed by atoms with Crippen LogP contribution in [0.25, 0.3) is 11.3 Å². The summed E-state index contributed by atoms with van der Waals surface area (Å²) in [5.74, 6) is -0.713. The summed E-state index contributed by atoms with van der Waals surface area (Å²) in [5, 5.41) is 10.9. The highest BCUT2D eigenvalue weighted by Gasteiger charge is 2.31. The molecule has 4 rings (SSSR count). The van der Waals surface area contributed by atoms with Gasteiger partial charge in [0.05, 0.1) is 23.9 Å². The Morgan fingerprint density at radius 3 is 2.78 bits per heavy atom. The van der Waals surface area contributed by atoms with Crippen LogP contribution in [0.1, 0.15) is 5.56 Å². The summed E-state index contributed by atoms with van der Waals surface area (Å²) < 4.78 is 53.5. The summed E-state index contributed by atoms with van der Waals surface area (Å²) in [4.78, 5) is 18.3. The van der Waals surface area contributed by atoms with Crippen molar-refractivity contribution in [3.8, 4) is 23.0 Å². The minimum Gasteiger partial charge on any atom is -0.443 e. The number of hydrogen-bond acceptors (Lipinski definition) is 7. The largest absolute Gasteiger partial charge is 0.573 e. The number of halogens is 4. The average Bonchev–Trinajstić information content (AvgIpc) is 3.16. The maximum Gasteiger partial charge on any atom is 0.573 e. The molecule has 0 saturated carbocycles. The van der Waals surface area contributed by atoms with Crippen LogP contribution in [0.2, 0.25) is 5.02 Å². The highest BCUT2D eigenvalue weighted by atomic mass is 35.5. The molecule has 13 heteroatoms. The zero-order valence-corrected chi connectivity index (χ0v) is 16.8. The van der Waals surface area contributed by atoms with Gasteiger partial charge in [-0.25, -0.2) is 0 Å². The van der Waals surface area contributed by atoms with Crippen LogP contribution in [0.4, 0.5) is 19.0 Å². The van der Waals surface area contributed by atoms with Gasteiger partial charge in [-0.05, 0) is 34.8 Å². The lowest BCUT2D eigenvalue weighted by atomic mass is 10.1. The molecule has 3 heterocycles. The topological polar surface area (TPSA) is 102 Å². The minimum atomic E-state index is -4.80. The molecule has 2 aromatic heterocycles. The van der Waals surface area contributed by atoms with Crippen molar-refractivity contribution in [1.82, 2.24) is 14.5 Å². The smallest absolute Gasteiger partial charge is 0.443 e. The molecule has 0 aliphatic carbocycles. The Kier molecular flexibility index (Phi) is 5.89. The number of rotatable bonds is 6. The van der Waals surface area contributed by atoms with Crippen molar-refractivity contribution in [1.29, 1.82) is 0 Å². The normalized spacial score (nSPS) is 15.7. The lowest BCUT2D eigenvalue weighted by Gasteiger charge is -2.22. The number of nitro groups is 1. The second-order valence-corrected chi connectivity index (χ2v) is 7.18. The number of benzene rings is 1. The molecule has 9 nitrogen and oxygen atoms in total. The molecule has 0 amide bonds. The number of fused-ring (bicyclic) bond motifs is 1. The molecular formula is C19H14ClF3N4O5. The summed E-state index contributed by atoms with van der Waals surface area (Å²) in [6.07, 6.45) is -2.30. The third-order valence-electron chi connectivity index (χ3n) is 4.47. The van der Waals surface area contributed by atoms with E-state index in [1.807, 2.05) is 0 Å². The summed E-state index contributed by atoms with van der Waals surface area (Å²) in [6, 6.07) is 7.20. The number of hydrogen-bond donors (Lipinski definition) is 0. The molecule has 0 radical (unpaired) electrons. The quantitative estimate of drug-likeness (QED) is 0.389. The maximum atomic E-state index is 12.3. The van der Waals surface area contributed by atoms with Gasteiger partial charge in [0, 0.05) is 16.7 Å². The molecule has 0 bridgehead atoms. The summed E-state index contributed by atoms with van der Waals surface area (Å²) >= 11 is 6.08. The van der Waals surface area contributed by atoms with Crippen LogP contribution in [0.3, 0.4) is 0 Å². The van der Waals surface area contributed by atoms with Gasteiger partial charge in [-0.15, -0.1) is 13.2 Å². The number of pyridine rings is 1. The van der Waals surface area contributed by atoms with E-state index in [1.54, 1.807) is 18.3 Å². The Labute approximate surface area is 183 Å². The Bertz CT molecular complexity index is 1140. The van der Waals surface area contributed by atoms with Gasteiger partial charge in [0.2, 0.25) is 0 Å². The van der Waals surface area contributed by atoms with E-state index in [-0.39, 0.29) is 36.2 Å². The van der Waals surface area contributed by atoms with Crippen molar-refractivity contribution in [3.05, 3.63) is 63.4 Å². The molecule has 168 valence electrons. The van der Waals surface area contributed by atoms with Crippen LogP contribution >= 0.6 is 11.6 Å². The zero-order valence-electron chi connectivity index (χ0n) is 16.1. The Balaban J connectivity index is 1.37. The van der Waals surface area contributed by atoms with Gasteiger partial charge in [0.25, 0.3) is 0 Å². The fraction of sp³-hybridized carbons (Fsp3) is 0.263. The second-order valence-electron chi connectivity index (χ2n) is 6.78. The molecule has 0 spiro atoms. The molecule has 0 N–H and O–H groups in total. The number of aromatic nitrogens is 3. The average molecular weight is 471 g/mol. The van der Waals surface area contributed by atoms with Gasteiger partial charge in [0.15, 0.2) is 0 Å². The highest BCUT2D eigenvalue weighted by Crippen LogP contribution is 2.32. The molecule has 32 heavy (non-hydrogen) atoms. The Morgan fingerprint density at radius 1 is 1.31 bits per heavy atom. The van der Waals surface area contributed by atoms with E-state index in [4.69, 9.17) is 21.1 Å². The minimum absolute atomic E-state index is 0.0628. The maximum absolute atomic E-state index is 12.3. The van der Waals surface area contributed by atoms with E-state index in [0.717, 1.165) is 17.7 Å². The summed E-state index contributed by atoms with van der Waals surface area (Å²) in [7, 11) is 0. The third-order valence-corrected chi connectivity index (χ3v) is 4.79. The first-order valence-corrected chi connectivity index (χ1v) is 9.52. The SMILES string of the molecule is O=[N+]([O-])c1cn2c(n1)OC[C@@H](OCc1ccc(-c3ccc(OC(F)(F)F)cc3Cl)nc1)C2. The lowest BCUT2D eigenvalue weighted by molar-refractivity contribution is -0.389. The third kappa shape index (κ3) is 5.08. The molecule has 1 aliphatic rings. The van der Waals surface area contributed by atoms with E-state index in [9.17, 15) is 23.3 Å². The van der Waals surface area contributed by atoms with Crippen LogP contribution < -0.4 is 9.47 Å². The van der Waals surface area contributed by atoms with Crippen molar-refractivity contribution in [3.63, 3.8) is 0 Å². The zero-order chi connectivity index (χ0) is 22.9. The van der Waals surface area contributed by atoms with Crippen LogP contribution in [0.15, 0.2) is 42.7 Å². The van der Waals surface area contributed by atoms with Crippen LogP contribution in [0, 0.1) is 10.1 Å². The van der Waals surface area contributed by atoms with Gasteiger partial charge < -0.3 is 24.3 Å². The fourth-order valence-electron chi connectivity index (χ4n) is 3.04. The van der Waals surface area contributed by atoms with E-state index < -0.39 is 17.0 Å². The number of nitrogens with zero attached hydrogens (tertiary/aromatic N) is 4. The standard InChI is InChI=1S/C19H14ClF3N4O5/c20-15-5-12(32-19(21,22)23)2-3-14(15)16-4-1-11(6-24-16)9-30-13-7-26-8-17(27(28)29)25-18(26)31-10-13/h1-6,8,13H,7,9-10H2/t13-/m0/s1. The van der Waals surface area contributed by atoms with Crippen molar-refractivity contribution in [2.75, 3.05) is 6.61 Å². The van der Waals surface area contributed by atoms with Gasteiger partial charge in [-0.3, -0.25) is 9.55 Å². The van der Waals surface area contributed by atoms with Crippen molar-refractivity contribution >= 4 is 17.4 Å². The molecule has 1 aromatic carbocycles. The highest BCUT2D eigenvalue weighted by molar-refractivity contribution is 6.33. The van der Waals surface area contributed by atoms with E-state index in [2.05, 4.69) is 14.7 Å². The Hall–Kier alpha value is -3.38. The van der Waals surface area contributed by atoms with E-state index in [1.165, 1.54) is 16.8 Å². The summed E-state index contributed by atoms with van der Waals surface area (Å²) in [5.41, 5.74) is 1.65. The van der Waals surface area contributed by atoms with Crippen LogP contribution in [-0.2, 0) is 17.9 Å². The van der Waals surface area contributed by atoms with Gasteiger partial charge in [0.1, 0.15) is 24.7 Å². The van der Waals surface area contributed by atoms with Crippen LogP contribution in [0.5, 0.6) is 11.8 Å². The van der Waals surface area contributed by atoms with E-state index in [0.29, 0.717) is 17.8 Å². The molecule has 0 unspecified atom stereocenters.